The van der Waals surface area contributed by atoms with Crippen LogP contribution in [-0.2, 0) is 6.54 Å². The summed E-state index contributed by atoms with van der Waals surface area (Å²) < 4.78 is 17.0. The van der Waals surface area contributed by atoms with Crippen molar-refractivity contribution in [3.63, 3.8) is 0 Å². The zero-order valence-corrected chi connectivity index (χ0v) is 20.4. The number of aryl methyl sites for hydroxylation is 4. The molecule has 1 aliphatic heterocycles. The summed E-state index contributed by atoms with van der Waals surface area (Å²) in [6, 6.07) is 11.0. The molecule has 1 atom stereocenters. The Morgan fingerprint density at radius 3 is 2.54 bits per heavy atom. The van der Waals surface area contributed by atoms with Crippen LogP contribution in [0.2, 0.25) is 0 Å². The van der Waals surface area contributed by atoms with Gasteiger partial charge in [0.1, 0.15) is 5.82 Å². The van der Waals surface area contributed by atoms with Crippen LogP contribution >= 0.6 is 0 Å². The molecule has 2 aromatic heterocycles. The van der Waals surface area contributed by atoms with Crippen LogP contribution in [0.3, 0.4) is 0 Å². The third kappa shape index (κ3) is 4.05. The van der Waals surface area contributed by atoms with Crippen LogP contribution in [0.4, 0.5) is 16.0 Å². The Kier molecular flexibility index (Phi) is 5.59. The monoisotopic (exact) mass is 470 g/mol. The molecule has 2 N–H and O–H groups in total. The third-order valence-electron chi connectivity index (χ3n) is 6.45. The number of aromatic nitrogens is 4. The molecule has 1 unspecified atom stereocenters. The Balaban J connectivity index is 1.50. The van der Waals surface area contributed by atoms with Crippen molar-refractivity contribution in [2.75, 3.05) is 5.32 Å². The Morgan fingerprint density at radius 1 is 1.06 bits per heavy atom. The highest BCUT2D eigenvalue weighted by atomic mass is 19.1. The predicted octanol–water partition coefficient (Wildman–Crippen LogP) is 5.64. The van der Waals surface area contributed by atoms with Crippen molar-refractivity contribution in [2.24, 2.45) is 0 Å². The van der Waals surface area contributed by atoms with Crippen LogP contribution in [0.1, 0.15) is 52.6 Å². The summed E-state index contributed by atoms with van der Waals surface area (Å²) in [5.41, 5.74) is 7.20. The maximum Gasteiger partial charge on any atom is 0.252 e. The Bertz CT molecular complexity index is 1460. The summed E-state index contributed by atoms with van der Waals surface area (Å²) in [6.45, 7) is 10.3. The minimum atomic E-state index is -0.391. The van der Waals surface area contributed by atoms with Gasteiger partial charge in [-0.05, 0) is 87.2 Å². The number of pyridine rings is 1. The summed E-state index contributed by atoms with van der Waals surface area (Å²) in [6.07, 6.45) is 1.76. The zero-order valence-electron chi connectivity index (χ0n) is 20.4. The molecule has 0 saturated carbocycles. The second kappa shape index (κ2) is 8.61. The van der Waals surface area contributed by atoms with E-state index in [2.05, 4.69) is 25.7 Å². The van der Waals surface area contributed by atoms with Crippen LogP contribution in [-0.4, -0.2) is 25.7 Å². The lowest BCUT2D eigenvalue weighted by Crippen LogP contribution is -2.16. The number of hydrogen-bond donors (Lipinski definition) is 2. The molecule has 4 aromatic rings. The van der Waals surface area contributed by atoms with Crippen LogP contribution in [0.25, 0.3) is 22.5 Å². The lowest BCUT2D eigenvalue weighted by Gasteiger charge is -2.12. The third-order valence-corrected chi connectivity index (χ3v) is 6.45. The van der Waals surface area contributed by atoms with Gasteiger partial charge in [-0.2, -0.15) is 4.98 Å². The van der Waals surface area contributed by atoms with E-state index in [4.69, 9.17) is 0 Å². The number of nitrogens with zero attached hydrogens (tertiary/aromatic N) is 4. The number of carbonyl (C=O) groups excluding carboxylic acids is 1. The minimum absolute atomic E-state index is 0.0578. The first kappa shape index (κ1) is 22.7. The van der Waals surface area contributed by atoms with Crippen LogP contribution < -0.4 is 10.6 Å². The lowest BCUT2D eigenvalue weighted by molar-refractivity contribution is 0.0958. The van der Waals surface area contributed by atoms with Gasteiger partial charge in [-0.25, -0.2) is 9.07 Å². The second-order valence-electron chi connectivity index (χ2n) is 8.98. The van der Waals surface area contributed by atoms with E-state index in [9.17, 15) is 4.79 Å². The standard InChI is InChI=1S/C27H27FN6O/c1-6-34-27(31-24-12-20-17(5)30-26(35)21(20)10-15(24)3)32-25(33-34)22-9-14(2)19(11-23(22)28)18-8-7-16(4)29-13-18/h7-13,17H,6H2,1-5H3,(H,30,35)(H,31,32,33). The highest BCUT2D eigenvalue weighted by Gasteiger charge is 2.26. The van der Waals surface area contributed by atoms with E-state index >= 15 is 4.39 Å². The van der Waals surface area contributed by atoms with Gasteiger partial charge in [0, 0.05) is 35.2 Å². The number of nitrogens with one attached hydrogen (secondary N) is 2. The second-order valence-corrected chi connectivity index (χ2v) is 8.98. The summed E-state index contributed by atoms with van der Waals surface area (Å²) in [7, 11) is 0. The molecule has 35 heavy (non-hydrogen) atoms. The quantitative estimate of drug-likeness (QED) is 0.394. The molecule has 0 aliphatic carbocycles. The molecule has 1 amide bonds. The van der Waals surface area contributed by atoms with Gasteiger partial charge >= 0.3 is 0 Å². The van der Waals surface area contributed by atoms with Crippen molar-refractivity contribution < 1.29 is 9.18 Å². The fourth-order valence-electron chi connectivity index (χ4n) is 4.45. The van der Waals surface area contributed by atoms with E-state index in [1.807, 2.05) is 58.9 Å². The topological polar surface area (TPSA) is 84.7 Å². The molecule has 3 heterocycles. The van der Waals surface area contributed by atoms with E-state index in [0.717, 1.165) is 39.2 Å². The summed E-state index contributed by atoms with van der Waals surface area (Å²) >= 11 is 0. The van der Waals surface area contributed by atoms with Gasteiger partial charge in [-0.15, -0.1) is 5.10 Å². The molecule has 2 aromatic carbocycles. The summed E-state index contributed by atoms with van der Waals surface area (Å²) in [4.78, 5) is 21.1. The fourth-order valence-corrected chi connectivity index (χ4v) is 4.45. The molecule has 178 valence electrons. The zero-order chi connectivity index (χ0) is 24.9. The number of benzene rings is 2. The number of amides is 1. The molecule has 0 bridgehead atoms. The number of halogens is 1. The van der Waals surface area contributed by atoms with Gasteiger partial charge in [0.15, 0.2) is 5.82 Å². The lowest BCUT2D eigenvalue weighted by atomic mass is 9.98. The molecule has 1 aliphatic rings. The Labute approximate surface area is 203 Å². The average molecular weight is 471 g/mol. The first-order valence-corrected chi connectivity index (χ1v) is 11.7. The molecule has 0 saturated heterocycles. The molecule has 0 fully saturated rings. The number of hydrogen-bond acceptors (Lipinski definition) is 5. The van der Waals surface area contributed by atoms with Gasteiger partial charge in [0.25, 0.3) is 5.91 Å². The summed E-state index contributed by atoms with van der Waals surface area (Å²) in [5.74, 6) is 0.377. The van der Waals surface area contributed by atoms with Gasteiger partial charge in [0.2, 0.25) is 5.95 Å². The van der Waals surface area contributed by atoms with E-state index < -0.39 is 5.82 Å². The van der Waals surface area contributed by atoms with E-state index in [0.29, 0.717) is 29.4 Å². The molecule has 7 nitrogen and oxygen atoms in total. The van der Waals surface area contributed by atoms with Gasteiger partial charge in [-0.3, -0.25) is 9.78 Å². The van der Waals surface area contributed by atoms with Crippen molar-refractivity contribution in [1.82, 2.24) is 25.1 Å². The molecule has 8 heteroatoms. The predicted molar refractivity (Wildman–Crippen MR) is 134 cm³/mol. The van der Waals surface area contributed by atoms with Crippen molar-refractivity contribution in [1.29, 1.82) is 0 Å². The highest BCUT2D eigenvalue weighted by Crippen LogP contribution is 2.33. The number of anilines is 2. The molecular formula is C27H27FN6O. The Hall–Kier alpha value is -4.07. The van der Waals surface area contributed by atoms with Crippen LogP contribution in [0.5, 0.6) is 0 Å². The first-order valence-electron chi connectivity index (χ1n) is 11.7. The maximum atomic E-state index is 15.3. The molecular weight excluding hydrogens is 443 g/mol. The first-order chi connectivity index (χ1) is 16.7. The van der Waals surface area contributed by atoms with E-state index in [1.54, 1.807) is 16.9 Å². The van der Waals surface area contributed by atoms with Gasteiger partial charge < -0.3 is 10.6 Å². The van der Waals surface area contributed by atoms with Crippen LogP contribution in [0, 0.1) is 26.6 Å². The molecule has 5 rings (SSSR count). The summed E-state index contributed by atoms with van der Waals surface area (Å²) in [5, 5.41) is 10.8. The Morgan fingerprint density at radius 2 is 1.83 bits per heavy atom. The van der Waals surface area contributed by atoms with Crippen LogP contribution in [0.15, 0.2) is 42.6 Å². The van der Waals surface area contributed by atoms with Crippen molar-refractivity contribution in [3.05, 3.63) is 76.4 Å². The number of carbonyl (C=O) groups is 1. The van der Waals surface area contributed by atoms with Crippen molar-refractivity contribution in [2.45, 2.75) is 47.2 Å². The maximum absolute atomic E-state index is 15.3. The number of fused-ring (bicyclic) bond motifs is 1. The number of rotatable bonds is 5. The SMILES string of the molecule is CCn1nc(-c2cc(C)c(-c3ccc(C)nc3)cc2F)nc1Nc1cc2c(cc1C)C(=O)NC2C. The van der Waals surface area contributed by atoms with Crippen molar-refractivity contribution in [3.8, 4) is 22.5 Å². The smallest absolute Gasteiger partial charge is 0.252 e. The minimum Gasteiger partial charge on any atom is -0.345 e. The molecule has 0 spiro atoms. The average Bonchev–Trinajstić information content (AvgIpc) is 3.36. The van der Waals surface area contributed by atoms with Crippen molar-refractivity contribution >= 4 is 17.5 Å². The fraction of sp³-hybridized carbons (Fsp3) is 0.259. The van der Waals surface area contributed by atoms with Gasteiger partial charge in [0.05, 0.1) is 11.6 Å². The van der Waals surface area contributed by atoms with Gasteiger partial charge in [-0.1, -0.05) is 6.07 Å². The van der Waals surface area contributed by atoms with E-state index in [1.165, 1.54) is 6.07 Å². The highest BCUT2D eigenvalue weighted by molar-refractivity contribution is 6.00. The normalized spacial score (nSPS) is 14.7. The largest absolute Gasteiger partial charge is 0.345 e. The van der Waals surface area contributed by atoms with E-state index in [-0.39, 0.29) is 11.9 Å². The molecule has 0 radical (unpaired) electrons.